The summed E-state index contributed by atoms with van der Waals surface area (Å²) in [4.78, 5) is 64.8. The third kappa shape index (κ3) is 5.68. The molecule has 0 saturated carbocycles. The van der Waals surface area contributed by atoms with E-state index in [0.717, 1.165) is 10.6 Å². The molecule has 3 atom stereocenters. The summed E-state index contributed by atoms with van der Waals surface area (Å²) in [7, 11) is 0. The number of carbonyl (C=O) groups is 4. The molecule has 1 N–H and O–H groups in total. The van der Waals surface area contributed by atoms with Gasteiger partial charge in [0.1, 0.15) is 17.8 Å². The number of Topliss-reactive ketones (excluding diaryl/α,β-unsaturated/α-hetero) is 1. The normalized spacial score (nSPS) is 19.2. The molecule has 10 nitrogen and oxygen atoms in total. The highest BCUT2D eigenvalue weighted by Crippen LogP contribution is 2.33. The van der Waals surface area contributed by atoms with Crippen molar-refractivity contribution in [1.82, 2.24) is 25.1 Å². The Hall–Kier alpha value is -4.12. The molecule has 3 aromatic rings. The Morgan fingerprint density at radius 1 is 1.05 bits per heavy atom. The first-order valence-electron chi connectivity index (χ1n) is 12.9. The zero-order chi connectivity index (χ0) is 27.5. The number of pyridine rings is 2. The first-order chi connectivity index (χ1) is 18.8. The van der Waals surface area contributed by atoms with Gasteiger partial charge in [-0.2, -0.15) is 0 Å². The molecule has 0 spiro atoms. The number of aromatic nitrogens is 2. The van der Waals surface area contributed by atoms with E-state index in [1.165, 1.54) is 27.3 Å². The van der Waals surface area contributed by atoms with Crippen LogP contribution in [0, 0.1) is 5.92 Å². The fourth-order valence-electron chi connectivity index (χ4n) is 5.15. The first kappa shape index (κ1) is 26.5. The van der Waals surface area contributed by atoms with Gasteiger partial charge < -0.3 is 19.9 Å². The zero-order valence-corrected chi connectivity index (χ0v) is 22.5. The maximum absolute atomic E-state index is 13.7. The van der Waals surface area contributed by atoms with Crippen molar-refractivity contribution in [2.75, 3.05) is 13.1 Å². The van der Waals surface area contributed by atoms with Crippen LogP contribution in [0.3, 0.4) is 0 Å². The lowest BCUT2D eigenvalue weighted by atomic mass is 10.0. The van der Waals surface area contributed by atoms with E-state index in [1.54, 1.807) is 30.5 Å². The smallest absolute Gasteiger partial charge is 0.399 e. The van der Waals surface area contributed by atoms with Crippen LogP contribution in [0.2, 0.25) is 0 Å². The lowest BCUT2D eigenvalue weighted by Crippen LogP contribution is -2.53. The van der Waals surface area contributed by atoms with Crippen LogP contribution in [0.4, 0.5) is 4.79 Å². The van der Waals surface area contributed by atoms with Crippen molar-refractivity contribution < 1.29 is 23.9 Å². The average molecular weight is 548 g/mol. The Kier molecular flexibility index (Phi) is 7.69. The Labute approximate surface area is 230 Å². The second-order valence-electron chi connectivity index (χ2n) is 10.00. The second kappa shape index (κ2) is 11.3. The fourth-order valence-corrected chi connectivity index (χ4v) is 5.98. The number of rotatable bonds is 7. The van der Waals surface area contributed by atoms with Gasteiger partial charge in [-0.15, -0.1) is 0 Å². The van der Waals surface area contributed by atoms with E-state index >= 15 is 0 Å². The maximum atomic E-state index is 13.7. The SMILES string of the molecule is CC(C)CC(NC(=O)Oc1ccc(-c2ccccn2)s1)C(=O)N1CCC2C1C(=O)CN2C(=O)c1ccccn1. The lowest BCUT2D eigenvalue weighted by molar-refractivity contribution is -0.138. The molecule has 0 aromatic carbocycles. The predicted octanol–water partition coefficient (Wildman–Crippen LogP) is 3.40. The van der Waals surface area contributed by atoms with Crippen LogP contribution < -0.4 is 10.1 Å². The minimum Gasteiger partial charge on any atom is -0.399 e. The maximum Gasteiger partial charge on any atom is 0.414 e. The molecule has 3 unspecified atom stereocenters. The van der Waals surface area contributed by atoms with E-state index < -0.39 is 24.2 Å². The molecule has 2 fully saturated rings. The number of thiophene rings is 1. The van der Waals surface area contributed by atoms with Gasteiger partial charge in [0.25, 0.3) is 5.91 Å². The Morgan fingerprint density at radius 2 is 1.82 bits per heavy atom. The molecule has 0 bridgehead atoms. The molecular formula is C28H29N5O5S. The summed E-state index contributed by atoms with van der Waals surface area (Å²) in [5.41, 5.74) is 1.03. The van der Waals surface area contributed by atoms with Crippen LogP contribution in [-0.2, 0) is 9.59 Å². The van der Waals surface area contributed by atoms with Gasteiger partial charge in [-0.05, 0) is 55.2 Å². The number of ether oxygens (including phenoxy) is 1. The number of nitrogens with zero attached hydrogens (tertiary/aromatic N) is 4. The van der Waals surface area contributed by atoms with Gasteiger partial charge >= 0.3 is 6.09 Å². The van der Waals surface area contributed by atoms with Crippen LogP contribution in [0.15, 0.2) is 60.9 Å². The first-order valence-corrected chi connectivity index (χ1v) is 13.7. The van der Waals surface area contributed by atoms with E-state index in [9.17, 15) is 19.2 Å². The highest BCUT2D eigenvalue weighted by molar-refractivity contribution is 7.17. The van der Waals surface area contributed by atoms with Crippen LogP contribution in [0.25, 0.3) is 10.6 Å². The van der Waals surface area contributed by atoms with E-state index in [1.807, 2.05) is 38.1 Å². The van der Waals surface area contributed by atoms with Gasteiger partial charge in [-0.3, -0.25) is 24.4 Å². The molecule has 5 rings (SSSR count). The summed E-state index contributed by atoms with van der Waals surface area (Å²) in [5, 5.41) is 3.09. The summed E-state index contributed by atoms with van der Waals surface area (Å²) in [5.74, 6) is -0.778. The number of amides is 3. The van der Waals surface area contributed by atoms with Crippen molar-refractivity contribution in [3.8, 4) is 15.6 Å². The van der Waals surface area contributed by atoms with Crippen LogP contribution in [0.1, 0.15) is 37.2 Å². The molecule has 3 aromatic heterocycles. The van der Waals surface area contributed by atoms with Crippen molar-refractivity contribution in [1.29, 1.82) is 0 Å². The van der Waals surface area contributed by atoms with Gasteiger partial charge in [0.05, 0.1) is 23.2 Å². The molecule has 0 radical (unpaired) electrons. The standard InChI is InChI=1S/C28H29N5O5S/c1-17(2)15-20(31-28(37)38-24-10-9-23(39-24)18-7-3-5-12-29-18)27(36)32-14-11-21-25(32)22(34)16-33(21)26(35)19-8-4-6-13-30-19/h3-10,12-13,17,20-21,25H,11,14-16H2,1-2H3,(H,31,37). The van der Waals surface area contributed by atoms with Gasteiger partial charge in [0.15, 0.2) is 10.8 Å². The van der Waals surface area contributed by atoms with Crippen molar-refractivity contribution in [2.45, 2.75) is 44.8 Å². The van der Waals surface area contributed by atoms with Gasteiger partial charge in [0, 0.05) is 18.9 Å². The molecular weight excluding hydrogens is 518 g/mol. The van der Waals surface area contributed by atoms with E-state index in [0.29, 0.717) is 24.4 Å². The summed E-state index contributed by atoms with van der Waals surface area (Å²) in [6.45, 7) is 4.14. The highest BCUT2D eigenvalue weighted by Gasteiger charge is 2.52. The van der Waals surface area contributed by atoms with Gasteiger partial charge in [0.2, 0.25) is 5.91 Å². The average Bonchev–Trinajstić information content (AvgIpc) is 3.66. The summed E-state index contributed by atoms with van der Waals surface area (Å²) < 4.78 is 5.49. The largest absolute Gasteiger partial charge is 0.414 e. The number of carbonyl (C=O) groups excluding carboxylic acids is 4. The van der Waals surface area contributed by atoms with Gasteiger partial charge in [-0.25, -0.2) is 4.79 Å². The molecule has 39 heavy (non-hydrogen) atoms. The molecule has 2 saturated heterocycles. The van der Waals surface area contributed by atoms with E-state index in [-0.39, 0.29) is 35.8 Å². The molecule has 0 aliphatic carbocycles. The number of likely N-dealkylation sites (tertiary alicyclic amines) is 2. The number of hydrogen-bond donors (Lipinski definition) is 1. The Morgan fingerprint density at radius 3 is 2.51 bits per heavy atom. The Balaban J connectivity index is 1.26. The number of hydrogen-bond acceptors (Lipinski definition) is 8. The minimum atomic E-state index is -0.875. The van der Waals surface area contributed by atoms with Crippen LogP contribution in [-0.4, -0.2) is 74.7 Å². The summed E-state index contributed by atoms with van der Waals surface area (Å²) in [6, 6.07) is 12.1. The van der Waals surface area contributed by atoms with Crippen molar-refractivity contribution in [2.24, 2.45) is 5.92 Å². The Bertz CT molecular complexity index is 1360. The molecule has 2 aliphatic heterocycles. The third-order valence-electron chi connectivity index (χ3n) is 6.84. The van der Waals surface area contributed by atoms with Crippen LogP contribution in [0.5, 0.6) is 5.06 Å². The molecule has 11 heteroatoms. The third-order valence-corrected chi connectivity index (χ3v) is 7.83. The molecule has 202 valence electrons. The summed E-state index contributed by atoms with van der Waals surface area (Å²) >= 11 is 1.27. The van der Waals surface area contributed by atoms with Gasteiger partial charge in [-0.1, -0.05) is 37.3 Å². The van der Waals surface area contributed by atoms with E-state index in [2.05, 4.69) is 15.3 Å². The second-order valence-corrected chi connectivity index (χ2v) is 11.0. The monoisotopic (exact) mass is 547 g/mol. The number of ketones is 1. The zero-order valence-electron chi connectivity index (χ0n) is 21.6. The summed E-state index contributed by atoms with van der Waals surface area (Å²) in [6.07, 6.45) is 3.32. The molecule has 2 aliphatic rings. The fraction of sp³-hybridized carbons (Fsp3) is 0.357. The van der Waals surface area contributed by atoms with Crippen molar-refractivity contribution in [3.05, 3.63) is 66.6 Å². The molecule has 5 heterocycles. The number of fused-ring (bicyclic) bond motifs is 1. The van der Waals surface area contributed by atoms with Crippen molar-refractivity contribution >= 4 is 35.0 Å². The topological polar surface area (TPSA) is 122 Å². The highest BCUT2D eigenvalue weighted by atomic mass is 32.1. The van der Waals surface area contributed by atoms with Crippen molar-refractivity contribution in [3.63, 3.8) is 0 Å². The predicted molar refractivity (Wildman–Crippen MR) is 144 cm³/mol. The number of nitrogens with one attached hydrogen (secondary N) is 1. The van der Waals surface area contributed by atoms with E-state index in [4.69, 9.17) is 4.74 Å². The van der Waals surface area contributed by atoms with Crippen LogP contribution >= 0.6 is 11.3 Å². The molecule has 3 amide bonds. The quantitative estimate of drug-likeness (QED) is 0.481. The minimum absolute atomic E-state index is 0.0736. The lowest BCUT2D eigenvalue weighted by Gasteiger charge is -2.28.